The number of rotatable bonds is 5. The van der Waals surface area contributed by atoms with Crippen LogP contribution < -0.4 is 9.04 Å². The number of hydrogen-bond acceptors (Lipinski definition) is 4. The molecule has 0 atom stereocenters. The molecule has 24 heavy (non-hydrogen) atoms. The summed E-state index contributed by atoms with van der Waals surface area (Å²) in [6.45, 7) is 0.398. The van der Waals surface area contributed by atoms with Gasteiger partial charge in [-0.1, -0.05) is 24.3 Å². The molecule has 1 heterocycles. The zero-order valence-corrected chi connectivity index (χ0v) is 14.3. The van der Waals surface area contributed by atoms with E-state index in [2.05, 4.69) is 4.98 Å². The van der Waals surface area contributed by atoms with E-state index in [-0.39, 0.29) is 0 Å². The second kappa shape index (κ2) is 6.49. The number of sulfonamides is 1. The second-order valence-electron chi connectivity index (χ2n) is 5.51. The first-order valence-corrected chi connectivity index (χ1v) is 9.29. The van der Waals surface area contributed by atoms with Gasteiger partial charge in [-0.05, 0) is 30.3 Å². The van der Waals surface area contributed by atoms with Gasteiger partial charge in [-0.2, -0.15) is 0 Å². The molecule has 0 aliphatic heterocycles. The quantitative estimate of drug-likeness (QED) is 0.714. The maximum Gasteiger partial charge on any atom is 0.231 e. The van der Waals surface area contributed by atoms with Gasteiger partial charge in [-0.25, -0.2) is 8.42 Å². The molecule has 0 saturated heterocycles. The largest absolute Gasteiger partial charge is 0.489 e. The number of benzene rings is 2. The van der Waals surface area contributed by atoms with Gasteiger partial charge in [0, 0.05) is 24.2 Å². The molecule has 0 aliphatic carbocycles. The highest BCUT2D eigenvalue weighted by Gasteiger charge is 2.11. The predicted molar refractivity (Wildman–Crippen MR) is 95.8 cm³/mol. The predicted octanol–water partition coefficient (Wildman–Crippen LogP) is 3.21. The molecule has 0 radical (unpaired) electrons. The fraction of sp³-hybridized carbons (Fsp3) is 0.167. The van der Waals surface area contributed by atoms with Crippen LogP contribution in [0.15, 0.2) is 60.8 Å². The van der Waals surface area contributed by atoms with E-state index >= 15 is 0 Å². The van der Waals surface area contributed by atoms with Crippen LogP contribution in [0.25, 0.3) is 10.9 Å². The highest BCUT2D eigenvalue weighted by atomic mass is 32.2. The lowest BCUT2D eigenvalue weighted by atomic mass is 10.1. The normalized spacial score (nSPS) is 11.4. The Morgan fingerprint density at radius 1 is 1.04 bits per heavy atom. The van der Waals surface area contributed by atoms with Crippen molar-refractivity contribution >= 4 is 26.6 Å². The Kier molecular flexibility index (Phi) is 4.40. The summed E-state index contributed by atoms with van der Waals surface area (Å²) in [6.07, 6.45) is 2.94. The molecule has 0 saturated carbocycles. The molecule has 0 N–H and O–H groups in total. The molecule has 0 amide bonds. The van der Waals surface area contributed by atoms with Gasteiger partial charge in [0.15, 0.2) is 0 Å². The SMILES string of the molecule is CN(c1ccc(OCc2cccc3cccnc23)cc1)S(C)(=O)=O. The minimum absolute atomic E-state index is 0.398. The summed E-state index contributed by atoms with van der Waals surface area (Å²) in [7, 11) is -1.74. The van der Waals surface area contributed by atoms with Crippen molar-refractivity contribution < 1.29 is 13.2 Å². The molecule has 2 aromatic carbocycles. The average Bonchev–Trinajstić information content (AvgIpc) is 2.59. The molecule has 0 fully saturated rings. The van der Waals surface area contributed by atoms with Crippen molar-refractivity contribution in [3.63, 3.8) is 0 Å². The fourth-order valence-electron chi connectivity index (χ4n) is 2.39. The van der Waals surface area contributed by atoms with E-state index in [0.717, 1.165) is 16.5 Å². The number of nitrogens with zero attached hydrogens (tertiary/aromatic N) is 2. The number of fused-ring (bicyclic) bond motifs is 1. The van der Waals surface area contributed by atoms with Crippen LogP contribution in [0.5, 0.6) is 5.75 Å². The van der Waals surface area contributed by atoms with Crippen LogP contribution in [0.1, 0.15) is 5.56 Å². The zero-order valence-electron chi connectivity index (χ0n) is 13.5. The number of anilines is 1. The van der Waals surface area contributed by atoms with E-state index < -0.39 is 10.0 Å². The molecule has 6 heteroatoms. The molecule has 5 nitrogen and oxygen atoms in total. The molecular formula is C18H18N2O3S. The van der Waals surface area contributed by atoms with Crippen LogP contribution in [0.3, 0.4) is 0 Å². The molecule has 0 aliphatic rings. The Hall–Kier alpha value is -2.60. The Morgan fingerprint density at radius 2 is 1.75 bits per heavy atom. The monoisotopic (exact) mass is 342 g/mol. The topological polar surface area (TPSA) is 59.5 Å². The molecular weight excluding hydrogens is 324 g/mol. The summed E-state index contributed by atoms with van der Waals surface area (Å²) in [5, 5.41) is 1.07. The van der Waals surface area contributed by atoms with Gasteiger partial charge in [0.25, 0.3) is 0 Å². The summed E-state index contributed by atoms with van der Waals surface area (Å²) in [5.41, 5.74) is 2.52. The van der Waals surface area contributed by atoms with E-state index in [1.54, 1.807) is 30.5 Å². The van der Waals surface area contributed by atoms with E-state index in [9.17, 15) is 8.42 Å². The molecule has 3 aromatic rings. The fourth-order valence-corrected chi connectivity index (χ4v) is 2.89. The number of ether oxygens (including phenoxy) is 1. The van der Waals surface area contributed by atoms with Gasteiger partial charge >= 0.3 is 0 Å². The lowest BCUT2D eigenvalue weighted by Gasteiger charge is -2.17. The molecule has 0 bridgehead atoms. The Bertz CT molecular complexity index is 948. The standard InChI is InChI=1S/C18H18N2O3S/c1-20(24(2,21)22)16-8-10-17(11-9-16)23-13-15-6-3-5-14-7-4-12-19-18(14)15/h3-12H,13H2,1-2H3. The summed E-state index contributed by atoms with van der Waals surface area (Å²) < 4.78 is 30.1. The Balaban J connectivity index is 1.75. The van der Waals surface area contributed by atoms with Crippen molar-refractivity contribution in [2.24, 2.45) is 0 Å². The Labute approximate surface area is 141 Å². The first kappa shape index (κ1) is 16.3. The number of hydrogen-bond donors (Lipinski definition) is 0. The van der Waals surface area contributed by atoms with Gasteiger partial charge in [-0.3, -0.25) is 9.29 Å². The van der Waals surface area contributed by atoms with Gasteiger partial charge in [-0.15, -0.1) is 0 Å². The molecule has 1 aromatic heterocycles. The van der Waals surface area contributed by atoms with Crippen molar-refractivity contribution in [3.05, 3.63) is 66.4 Å². The molecule has 0 spiro atoms. The van der Waals surface area contributed by atoms with Crippen LogP contribution in [-0.4, -0.2) is 26.7 Å². The highest BCUT2D eigenvalue weighted by Crippen LogP contribution is 2.22. The third-order valence-corrected chi connectivity index (χ3v) is 5.01. The smallest absolute Gasteiger partial charge is 0.231 e. The van der Waals surface area contributed by atoms with Crippen molar-refractivity contribution in [3.8, 4) is 5.75 Å². The maximum atomic E-state index is 11.5. The van der Waals surface area contributed by atoms with Crippen molar-refractivity contribution in [2.45, 2.75) is 6.61 Å². The molecule has 0 unspecified atom stereocenters. The van der Waals surface area contributed by atoms with E-state index in [4.69, 9.17) is 4.74 Å². The first-order chi connectivity index (χ1) is 11.4. The number of para-hydroxylation sites is 1. The summed E-state index contributed by atoms with van der Waals surface area (Å²) in [6, 6.07) is 16.9. The van der Waals surface area contributed by atoms with E-state index in [1.165, 1.54) is 17.6 Å². The van der Waals surface area contributed by atoms with Crippen LogP contribution >= 0.6 is 0 Å². The van der Waals surface area contributed by atoms with Gasteiger partial charge in [0.2, 0.25) is 10.0 Å². The Morgan fingerprint density at radius 3 is 2.46 bits per heavy atom. The third-order valence-electron chi connectivity index (χ3n) is 3.81. The lowest BCUT2D eigenvalue weighted by Crippen LogP contribution is -2.24. The minimum atomic E-state index is -3.26. The number of pyridine rings is 1. The maximum absolute atomic E-state index is 11.5. The summed E-state index contributed by atoms with van der Waals surface area (Å²) in [4.78, 5) is 4.40. The third kappa shape index (κ3) is 3.49. The summed E-state index contributed by atoms with van der Waals surface area (Å²) in [5.74, 6) is 0.675. The minimum Gasteiger partial charge on any atom is -0.489 e. The van der Waals surface area contributed by atoms with Crippen LogP contribution in [0.2, 0.25) is 0 Å². The van der Waals surface area contributed by atoms with Gasteiger partial charge in [0.05, 0.1) is 17.5 Å². The van der Waals surface area contributed by atoms with Crippen LogP contribution in [-0.2, 0) is 16.6 Å². The number of aromatic nitrogens is 1. The van der Waals surface area contributed by atoms with Crippen LogP contribution in [0.4, 0.5) is 5.69 Å². The average molecular weight is 342 g/mol. The lowest BCUT2D eigenvalue weighted by molar-refractivity contribution is 0.307. The van der Waals surface area contributed by atoms with Crippen molar-refractivity contribution in [1.82, 2.24) is 4.98 Å². The van der Waals surface area contributed by atoms with Crippen molar-refractivity contribution in [2.75, 3.05) is 17.6 Å². The van der Waals surface area contributed by atoms with Crippen LogP contribution in [0, 0.1) is 0 Å². The zero-order chi connectivity index (χ0) is 17.2. The molecule has 124 valence electrons. The second-order valence-corrected chi connectivity index (χ2v) is 7.52. The van der Waals surface area contributed by atoms with E-state index in [1.807, 2.05) is 30.3 Å². The van der Waals surface area contributed by atoms with Crippen molar-refractivity contribution in [1.29, 1.82) is 0 Å². The van der Waals surface area contributed by atoms with E-state index in [0.29, 0.717) is 18.0 Å². The molecule has 3 rings (SSSR count). The summed E-state index contributed by atoms with van der Waals surface area (Å²) >= 11 is 0. The van der Waals surface area contributed by atoms with Gasteiger partial charge in [0.1, 0.15) is 12.4 Å². The highest BCUT2D eigenvalue weighted by molar-refractivity contribution is 7.92. The van der Waals surface area contributed by atoms with Gasteiger partial charge < -0.3 is 4.74 Å². The first-order valence-electron chi connectivity index (χ1n) is 7.44.